The highest BCUT2D eigenvalue weighted by atomic mass is 16.5. The SMILES string of the molecule is C=CCCCCC(C)(C)OC(C)(C)C(=O)NC. The molecule has 0 saturated heterocycles. The number of unbranched alkanes of at least 4 members (excludes halogenated alkanes) is 2. The fraction of sp³-hybridized carbons (Fsp3) is 0.786. The molecule has 0 aromatic carbocycles. The molecule has 0 aromatic rings. The van der Waals surface area contributed by atoms with E-state index in [1.54, 1.807) is 20.9 Å². The van der Waals surface area contributed by atoms with Gasteiger partial charge < -0.3 is 10.1 Å². The van der Waals surface area contributed by atoms with E-state index in [2.05, 4.69) is 11.9 Å². The molecule has 0 rings (SSSR count). The lowest BCUT2D eigenvalue weighted by Crippen LogP contribution is -2.47. The lowest BCUT2D eigenvalue weighted by atomic mass is 9.98. The molecule has 100 valence electrons. The zero-order chi connectivity index (χ0) is 13.5. The molecule has 0 unspecified atom stereocenters. The van der Waals surface area contributed by atoms with Gasteiger partial charge in [-0.05, 0) is 47.0 Å². The third-order valence-corrected chi connectivity index (χ3v) is 2.74. The van der Waals surface area contributed by atoms with Crippen LogP contribution in [0, 0.1) is 0 Å². The molecule has 0 aliphatic heterocycles. The van der Waals surface area contributed by atoms with Gasteiger partial charge in [-0.25, -0.2) is 0 Å². The van der Waals surface area contributed by atoms with Crippen molar-refractivity contribution < 1.29 is 9.53 Å². The van der Waals surface area contributed by atoms with Crippen molar-refractivity contribution in [3.8, 4) is 0 Å². The number of amides is 1. The number of hydrogen-bond donors (Lipinski definition) is 1. The van der Waals surface area contributed by atoms with E-state index in [1.807, 2.05) is 19.9 Å². The summed E-state index contributed by atoms with van der Waals surface area (Å²) in [5.74, 6) is -0.0864. The van der Waals surface area contributed by atoms with Gasteiger partial charge in [0.15, 0.2) is 0 Å². The summed E-state index contributed by atoms with van der Waals surface area (Å²) in [6.07, 6.45) is 6.12. The average Bonchev–Trinajstić information content (AvgIpc) is 2.21. The van der Waals surface area contributed by atoms with Crippen LogP contribution in [-0.2, 0) is 9.53 Å². The maximum absolute atomic E-state index is 11.6. The summed E-state index contributed by atoms with van der Waals surface area (Å²) < 4.78 is 5.92. The molecule has 0 saturated carbocycles. The number of likely N-dealkylation sites (N-methyl/N-ethyl adjacent to an activating group) is 1. The summed E-state index contributed by atoms with van der Waals surface area (Å²) in [6, 6.07) is 0. The van der Waals surface area contributed by atoms with Crippen LogP contribution in [0.1, 0.15) is 53.4 Å². The quantitative estimate of drug-likeness (QED) is 0.524. The van der Waals surface area contributed by atoms with Crippen LogP contribution in [0.2, 0.25) is 0 Å². The van der Waals surface area contributed by atoms with Gasteiger partial charge >= 0.3 is 0 Å². The molecular formula is C14H27NO2. The van der Waals surface area contributed by atoms with Gasteiger partial charge in [0.2, 0.25) is 0 Å². The molecular weight excluding hydrogens is 214 g/mol. The predicted octanol–water partition coefficient (Wildman–Crippen LogP) is 3.05. The van der Waals surface area contributed by atoms with Crippen molar-refractivity contribution in [3.63, 3.8) is 0 Å². The topological polar surface area (TPSA) is 38.3 Å². The Balaban J connectivity index is 4.22. The van der Waals surface area contributed by atoms with Crippen molar-refractivity contribution in [1.29, 1.82) is 0 Å². The first kappa shape index (κ1) is 16.2. The number of ether oxygens (including phenoxy) is 1. The molecule has 0 aromatic heterocycles. The molecule has 3 heteroatoms. The highest BCUT2D eigenvalue weighted by molar-refractivity contribution is 5.84. The Kier molecular flexibility index (Phi) is 6.46. The summed E-state index contributed by atoms with van der Waals surface area (Å²) in [5, 5.41) is 2.63. The normalized spacial score (nSPS) is 12.3. The first-order valence-electron chi connectivity index (χ1n) is 6.28. The van der Waals surface area contributed by atoms with Gasteiger partial charge in [-0.3, -0.25) is 4.79 Å². The number of carbonyl (C=O) groups is 1. The zero-order valence-electron chi connectivity index (χ0n) is 11.9. The smallest absolute Gasteiger partial charge is 0.251 e. The van der Waals surface area contributed by atoms with Crippen molar-refractivity contribution >= 4 is 5.91 Å². The van der Waals surface area contributed by atoms with E-state index in [1.165, 1.54) is 0 Å². The number of carbonyl (C=O) groups excluding carboxylic acids is 1. The molecule has 3 nitrogen and oxygen atoms in total. The molecule has 1 amide bonds. The summed E-state index contributed by atoms with van der Waals surface area (Å²) in [6.45, 7) is 11.4. The second kappa shape index (κ2) is 6.80. The Hall–Kier alpha value is -0.830. The number of allylic oxidation sites excluding steroid dienone is 1. The minimum absolute atomic E-state index is 0.0864. The highest BCUT2D eigenvalue weighted by Gasteiger charge is 2.34. The van der Waals surface area contributed by atoms with Gasteiger partial charge in [0.25, 0.3) is 5.91 Å². The van der Waals surface area contributed by atoms with E-state index in [0.29, 0.717) is 0 Å². The van der Waals surface area contributed by atoms with Gasteiger partial charge in [-0.1, -0.05) is 12.5 Å². The molecule has 17 heavy (non-hydrogen) atoms. The molecule has 0 aliphatic rings. The Morgan fingerprint density at radius 1 is 1.29 bits per heavy atom. The monoisotopic (exact) mass is 241 g/mol. The van der Waals surface area contributed by atoms with E-state index in [-0.39, 0.29) is 11.5 Å². The molecule has 0 heterocycles. The van der Waals surface area contributed by atoms with Gasteiger partial charge in [0.05, 0.1) is 5.60 Å². The lowest BCUT2D eigenvalue weighted by molar-refractivity contribution is -0.163. The van der Waals surface area contributed by atoms with Crippen LogP contribution in [0.4, 0.5) is 0 Å². The first-order valence-corrected chi connectivity index (χ1v) is 6.28. The number of rotatable bonds is 8. The van der Waals surface area contributed by atoms with Crippen molar-refractivity contribution in [1.82, 2.24) is 5.32 Å². The van der Waals surface area contributed by atoms with Crippen LogP contribution in [0.25, 0.3) is 0 Å². The van der Waals surface area contributed by atoms with Crippen LogP contribution in [0.5, 0.6) is 0 Å². The lowest BCUT2D eigenvalue weighted by Gasteiger charge is -2.35. The summed E-state index contributed by atoms with van der Waals surface area (Å²) in [5.41, 5.74) is -1.06. The summed E-state index contributed by atoms with van der Waals surface area (Å²) in [7, 11) is 1.63. The third-order valence-electron chi connectivity index (χ3n) is 2.74. The third kappa shape index (κ3) is 6.47. The predicted molar refractivity (Wildman–Crippen MR) is 72.0 cm³/mol. The Labute approximate surface area is 106 Å². The fourth-order valence-electron chi connectivity index (χ4n) is 1.93. The van der Waals surface area contributed by atoms with Gasteiger partial charge in [-0.2, -0.15) is 0 Å². The zero-order valence-corrected chi connectivity index (χ0v) is 11.9. The summed E-state index contributed by atoms with van der Waals surface area (Å²) >= 11 is 0. The van der Waals surface area contributed by atoms with Crippen LogP contribution in [0.15, 0.2) is 12.7 Å². The first-order chi connectivity index (χ1) is 7.75. The largest absolute Gasteiger partial charge is 0.360 e. The van der Waals surface area contributed by atoms with Gasteiger partial charge in [-0.15, -0.1) is 6.58 Å². The standard InChI is InChI=1S/C14H27NO2/c1-7-8-9-10-11-13(2,3)17-14(4,5)12(16)15-6/h7H,1,8-11H2,2-6H3,(H,15,16). The van der Waals surface area contributed by atoms with Crippen LogP contribution in [-0.4, -0.2) is 24.2 Å². The molecule has 0 bridgehead atoms. The number of hydrogen-bond acceptors (Lipinski definition) is 2. The minimum Gasteiger partial charge on any atom is -0.360 e. The Morgan fingerprint density at radius 2 is 1.88 bits per heavy atom. The average molecular weight is 241 g/mol. The van der Waals surface area contributed by atoms with E-state index >= 15 is 0 Å². The maximum atomic E-state index is 11.6. The second-order valence-electron chi connectivity index (χ2n) is 5.49. The molecule has 0 fully saturated rings. The molecule has 0 spiro atoms. The van der Waals surface area contributed by atoms with E-state index < -0.39 is 5.60 Å². The maximum Gasteiger partial charge on any atom is 0.251 e. The second-order valence-corrected chi connectivity index (χ2v) is 5.49. The Morgan fingerprint density at radius 3 is 2.35 bits per heavy atom. The van der Waals surface area contributed by atoms with Crippen molar-refractivity contribution in [2.75, 3.05) is 7.05 Å². The van der Waals surface area contributed by atoms with Crippen molar-refractivity contribution in [3.05, 3.63) is 12.7 Å². The van der Waals surface area contributed by atoms with Crippen molar-refractivity contribution in [2.24, 2.45) is 0 Å². The van der Waals surface area contributed by atoms with Gasteiger partial charge in [0.1, 0.15) is 5.60 Å². The Bertz CT molecular complexity index is 257. The van der Waals surface area contributed by atoms with Crippen LogP contribution < -0.4 is 5.32 Å². The molecule has 0 atom stereocenters. The van der Waals surface area contributed by atoms with Gasteiger partial charge in [0, 0.05) is 7.05 Å². The number of nitrogens with one attached hydrogen (secondary N) is 1. The van der Waals surface area contributed by atoms with Crippen molar-refractivity contribution in [2.45, 2.75) is 64.6 Å². The van der Waals surface area contributed by atoms with E-state index in [4.69, 9.17) is 4.74 Å². The fourth-order valence-corrected chi connectivity index (χ4v) is 1.93. The minimum atomic E-state index is -0.781. The van der Waals surface area contributed by atoms with E-state index in [0.717, 1.165) is 25.7 Å². The van der Waals surface area contributed by atoms with E-state index in [9.17, 15) is 4.79 Å². The summed E-state index contributed by atoms with van der Waals surface area (Å²) in [4.78, 5) is 11.6. The van der Waals surface area contributed by atoms with Crippen LogP contribution >= 0.6 is 0 Å². The molecule has 0 aliphatic carbocycles. The van der Waals surface area contributed by atoms with Crippen LogP contribution in [0.3, 0.4) is 0 Å². The molecule has 1 N–H and O–H groups in total. The highest BCUT2D eigenvalue weighted by Crippen LogP contribution is 2.25. The molecule has 0 radical (unpaired) electrons.